The number of benzene rings is 1. The smallest absolute Gasteiger partial charge is 0.387 e. The molecule has 0 radical (unpaired) electrons. The molecule has 1 N–H and O–H groups in total. The Morgan fingerprint density at radius 3 is 3.00 bits per heavy atom. The average molecular weight is 404 g/mol. The predicted octanol–water partition coefficient (Wildman–Crippen LogP) is 3.62. The molecule has 144 valence electrons. The summed E-state index contributed by atoms with van der Waals surface area (Å²) >= 11 is 1.32. The molecular weight excluding hydrogens is 383 g/mol. The molecule has 1 aromatic carbocycles. The maximum absolute atomic E-state index is 13.9. The number of nitrogens with zero attached hydrogens (tertiary/aromatic N) is 2. The summed E-state index contributed by atoms with van der Waals surface area (Å²) in [6, 6.07) is 4.03. The third kappa shape index (κ3) is 5.04. The first-order valence-electron chi connectivity index (χ1n) is 9.97. The molecule has 6 nitrogen and oxygen atoms in total. The van der Waals surface area contributed by atoms with E-state index in [0.29, 0.717) is 11.4 Å². The van der Waals surface area contributed by atoms with Crippen LogP contribution in [0.25, 0.3) is 0 Å². The van der Waals surface area contributed by atoms with Crippen LogP contribution in [0.3, 0.4) is 0 Å². The van der Waals surface area contributed by atoms with Crippen LogP contribution in [0.1, 0.15) is 24.2 Å². The second-order valence-corrected chi connectivity index (χ2v) is 5.89. The Hall–Kier alpha value is -2.46. The fourth-order valence-corrected chi connectivity index (χ4v) is 2.95. The minimum atomic E-state index is -3.24. The molecule has 2 aromatic rings. The highest BCUT2D eigenvalue weighted by Crippen LogP contribution is 2.32. The van der Waals surface area contributed by atoms with Gasteiger partial charge in [-0.25, -0.2) is 9.37 Å². The van der Waals surface area contributed by atoms with Crippen LogP contribution in [0.15, 0.2) is 42.2 Å². The van der Waals surface area contributed by atoms with E-state index < -0.39 is 43.6 Å². The molecule has 0 amide bonds. The van der Waals surface area contributed by atoms with Gasteiger partial charge in [-0.1, -0.05) is 6.07 Å². The van der Waals surface area contributed by atoms with Gasteiger partial charge in [0.2, 0.25) is 0 Å². The summed E-state index contributed by atoms with van der Waals surface area (Å²) in [7, 11) is -3.02. The van der Waals surface area contributed by atoms with Crippen molar-refractivity contribution >= 4 is 11.9 Å². The Labute approximate surface area is 164 Å². The number of methoxy groups -OCH3 is 1. The molecule has 1 unspecified atom stereocenters. The van der Waals surface area contributed by atoms with Crippen LogP contribution in [0, 0.1) is 5.82 Å². The molecule has 2 heterocycles. The van der Waals surface area contributed by atoms with Crippen molar-refractivity contribution in [3.8, 4) is 11.8 Å². The topological polar surface area (TPSA) is 65.5 Å². The number of rotatable bonds is 8. The van der Waals surface area contributed by atoms with Crippen molar-refractivity contribution in [1.29, 1.82) is 0 Å². The van der Waals surface area contributed by atoms with E-state index in [4.69, 9.17) is 11.6 Å². The fourth-order valence-electron chi connectivity index (χ4n) is 2.25. The standard InChI is InChI=1S/C17H16F3N3O3S/c1-24-9-11-4-6-21-17(22-11)26-15(13-5-7-27-23-13)10-2-3-12(18)14(8-10)25-16(19)20/h2-6,8,15-16,23H,7,9H2,1H3/i1D3,9D2. The summed E-state index contributed by atoms with van der Waals surface area (Å²) in [6.07, 6.45) is 1.86. The molecule has 1 aliphatic heterocycles. The molecule has 0 fully saturated rings. The molecule has 10 heteroatoms. The van der Waals surface area contributed by atoms with E-state index in [2.05, 4.69) is 24.2 Å². The fraction of sp³-hybridized carbons (Fsp3) is 0.294. The van der Waals surface area contributed by atoms with Gasteiger partial charge in [0.05, 0.1) is 24.8 Å². The average Bonchev–Trinajstić information content (AvgIpc) is 3.20. The second kappa shape index (κ2) is 8.96. The van der Waals surface area contributed by atoms with Gasteiger partial charge in [0.25, 0.3) is 0 Å². The molecule has 0 saturated carbocycles. The van der Waals surface area contributed by atoms with Crippen LogP contribution in [-0.2, 0) is 11.3 Å². The van der Waals surface area contributed by atoms with Crippen molar-refractivity contribution in [2.45, 2.75) is 19.3 Å². The van der Waals surface area contributed by atoms with Crippen LogP contribution in [0.5, 0.6) is 11.8 Å². The molecule has 3 rings (SSSR count). The van der Waals surface area contributed by atoms with Gasteiger partial charge in [-0.3, -0.25) is 0 Å². The Balaban J connectivity index is 1.93. The number of aromatic nitrogens is 2. The van der Waals surface area contributed by atoms with Gasteiger partial charge >= 0.3 is 12.6 Å². The predicted molar refractivity (Wildman–Crippen MR) is 92.8 cm³/mol. The van der Waals surface area contributed by atoms with E-state index in [1.165, 1.54) is 18.0 Å². The summed E-state index contributed by atoms with van der Waals surface area (Å²) in [5.41, 5.74) is 0.292. The first kappa shape index (κ1) is 13.7. The number of hydrogen-bond acceptors (Lipinski definition) is 7. The van der Waals surface area contributed by atoms with Crippen LogP contribution in [-0.4, -0.2) is 29.4 Å². The lowest BCUT2D eigenvalue weighted by Gasteiger charge is -2.20. The van der Waals surface area contributed by atoms with E-state index in [1.807, 2.05) is 0 Å². The van der Waals surface area contributed by atoms with Gasteiger partial charge in [0, 0.05) is 24.6 Å². The summed E-state index contributed by atoms with van der Waals surface area (Å²) in [5.74, 6) is -1.12. The Kier molecular flexibility index (Phi) is 4.54. The van der Waals surface area contributed by atoms with Gasteiger partial charge in [0.15, 0.2) is 17.7 Å². The first-order chi connectivity index (χ1) is 14.9. The van der Waals surface area contributed by atoms with E-state index in [9.17, 15) is 13.2 Å². The highest BCUT2D eigenvalue weighted by Gasteiger charge is 2.24. The lowest BCUT2D eigenvalue weighted by molar-refractivity contribution is -0.0523. The van der Waals surface area contributed by atoms with E-state index >= 15 is 0 Å². The Morgan fingerprint density at radius 2 is 2.26 bits per heavy atom. The zero-order valence-corrected chi connectivity index (χ0v) is 14.3. The second-order valence-electron chi connectivity index (χ2n) is 5.07. The minimum absolute atomic E-state index is 0.221. The maximum Gasteiger partial charge on any atom is 0.387 e. The highest BCUT2D eigenvalue weighted by atomic mass is 32.2. The molecule has 1 aliphatic rings. The third-order valence-electron chi connectivity index (χ3n) is 3.35. The Morgan fingerprint density at radius 1 is 1.37 bits per heavy atom. The van der Waals surface area contributed by atoms with Gasteiger partial charge in [-0.15, -0.1) is 0 Å². The zero-order chi connectivity index (χ0) is 23.5. The van der Waals surface area contributed by atoms with Crippen LogP contribution < -0.4 is 14.2 Å². The highest BCUT2D eigenvalue weighted by molar-refractivity contribution is 7.97. The summed E-state index contributed by atoms with van der Waals surface area (Å²) in [5, 5.41) is 0. The van der Waals surface area contributed by atoms with Gasteiger partial charge < -0.3 is 18.9 Å². The number of nitrogens with one attached hydrogen (secondary N) is 1. The molecule has 27 heavy (non-hydrogen) atoms. The van der Waals surface area contributed by atoms with E-state index in [0.717, 1.165) is 24.4 Å². The quantitative estimate of drug-likeness (QED) is 0.674. The number of alkyl halides is 2. The van der Waals surface area contributed by atoms with Gasteiger partial charge in [-0.05, 0) is 36.2 Å². The van der Waals surface area contributed by atoms with Crippen molar-refractivity contribution in [3.05, 3.63) is 59.3 Å². The molecule has 0 aliphatic carbocycles. The monoisotopic (exact) mass is 404 g/mol. The van der Waals surface area contributed by atoms with Crippen LogP contribution >= 0.6 is 11.9 Å². The molecule has 0 spiro atoms. The lowest BCUT2D eigenvalue weighted by Crippen LogP contribution is -2.18. The minimum Gasteiger partial charge on any atom is -0.449 e. The lowest BCUT2D eigenvalue weighted by atomic mass is 10.1. The number of hydrogen-bond donors (Lipinski definition) is 1. The molecule has 1 atom stereocenters. The summed E-state index contributed by atoms with van der Waals surface area (Å²) in [6.45, 7) is -6.02. The number of halogens is 3. The molecular formula is C17H16F3N3O3S. The molecule has 0 bridgehead atoms. The van der Waals surface area contributed by atoms with Gasteiger partial charge in [-0.2, -0.15) is 13.8 Å². The maximum atomic E-state index is 13.9. The number of ether oxygens (including phenoxy) is 3. The van der Waals surface area contributed by atoms with E-state index in [-0.39, 0.29) is 11.6 Å². The third-order valence-corrected chi connectivity index (χ3v) is 4.06. The van der Waals surface area contributed by atoms with Crippen molar-refractivity contribution in [3.63, 3.8) is 0 Å². The SMILES string of the molecule is [2H]C([2H])([2H])OC([2H])([2H])c1ccnc(OC(C2=CCSN2)c2ccc(F)c(OC(F)F)c2)n1. The van der Waals surface area contributed by atoms with Crippen molar-refractivity contribution < 1.29 is 34.2 Å². The van der Waals surface area contributed by atoms with Crippen LogP contribution in [0.2, 0.25) is 0 Å². The largest absolute Gasteiger partial charge is 0.449 e. The van der Waals surface area contributed by atoms with Crippen molar-refractivity contribution in [2.75, 3.05) is 12.8 Å². The molecule has 0 saturated heterocycles. The van der Waals surface area contributed by atoms with Crippen molar-refractivity contribution in [1.82, 2.24) is 14.7 Å². The molecule has 1 aromatic heterocycles. The van der Waals surface area contributed by atoms with E-state index in [1.54, 1.807) is 6.08 Å². The first-order valence-corrected chi connectivity index (χ1v) is 8.46. The van der Waals surface area contributed by atoms with Crippen LogP contribution in [0.4, 0.5) is 13.2 Å². The van der Waals surface area contributed by atoms with Gasteiger partial charge in [0.1, 0.15) is 0 Å². The van der Waals surface area contributed by atoms with Crippen molar-refractivity contribution in [2.24, 2.45) is 0 Å². The Bertz CT molecular complexity index is 997. The zero-order valence-electron chi connectivity index (χ0n) is 18.5. The summed E-state index contributed by atoms with van der Waals surface area (Å²) in [4.78, 5) is 7.77. The summed E-state index contributed by atoms with van der Waals surface area (Å²) < 4.78 is 93.4. The normalized spacial score (nSPS) is 18.4.